The van der Waals surface area contributed by atoms with Crippen LogP contribution in [0.2, 0.25) is 0 Å². The van der Waals surface area contributed by atoms with Crippen molar-refractivity contribution in [1.82, 2.24) is 9.44 Å². The molecule has 1 aromatic rings. The summed E-state index contributed by atoms with van der Waals surface area (Å²) in [5.74, 6) is 2.35. The highest BCUT2D eigenvalue weighted by atomic mass is 32.2. The van der Waals surface area contributed by atoms with Crippen molar-refractivity contribution in [3.63, 3.8) is 0 Å². The van der Waals surface area contributed by atoms with Crippen molar-refractivity contribution in [2.45, 2.75) is 54.0 Å². The molecule has 0 spiro atoms. The molecular weight excluding hydrogens is 360 g/mol. The Balaban J connectivity index is 1.36. The zero-order valence-corrected chi connectivity index (χ0v) is 15.4. The maximum atomic E-state index is 12.7. The van der Waals surface area contributed by atoms with Gasteiger partial charge in [-0.3, -0.25) is 0 Å². The van der Waals surface area contributed by atoms with Gasteiger partial charge in [0.2, 0.25) is 20.0 Å². The van der Waals surface area contributed by atoms with E-state index in [2.05, 4.69) is 9.44 Å². The first-order valence-electron chi connectivity index (χ1n) is 9.00. The van der Waals surface area contributed by atoms with Gasteiger partial charge in [0.1, 0.15) is 0 Å². The van der Waals surface area contributed by atoms with Crippen LogP contribution < -0.4 is 9.44 Å². The quantitative estimate of drug-likeness (QED) is 0.779. The molecule has 136 valence electrons. The van der Waals surface area contributed by atoms with Gasteiger partial charge in [-0.05, 0) is 74.0 Å². The summed E-state index contributed by atoms with van der Waals surface area (Å²) < 4.78 is 55.5. The second-order valence-corrected chi connectivity index (χ2v) is 11.4. The van der Waals surface area contributed by atoms with Crippen LogP contribution in [0.3, 0.4) is 0 Å². The number of nitrogens with one attached hydrogen (secondary N) is 2. The first kappa shape index (κ1) is 16.2. The topological polar surface area (TPSA) is 92.3 Å². The average Bonchev–Trinajstić information content (AvgIpc) is 3.43. The molecule has 5 rings (SSSR count). The van der Waals surface area contributed by atoms with E-state index in [1.165, 1.54) is 43.5 Å². The fourth-order valence-corrected chi connectivity index (χ4v) is 7.80. The van der Waals surface area contributed by atoms with Gasteiger partial charge in [0, 0.05) is 12.1 Å². The highest BCUT2D eigenvalue weighted by Gasteiger charge is 2.65. The van der Waals surface area contributed by atoms with Gasteiger partial charge < -0.3 is 0 Å². The zero-order chi connectivity index (χ0) is 17.4. The van der Waals surface area contributed by atoms with Gasteiger partial charge in [0.15, 0.2) is 0 Å². The molecule has 0 radical (unpaired) electrons. The summed E-state index contributed by atoms with van der Waals surface area (Å²) in [4.78, 5) is 0.0434. The Labute approximate surface area is 148 Å². The van der Waals surface area contributed by atoms with Gasteiger partial charge in [0.25, 0.3) is 0 Å². The Kier molecular flexibility index (Phi) is 3.43. The van der Waals surface area contributed by atoms with E-state index in [0.717, 1.165) is 12.8 Å². The lowest BCUT2D eigenvalue weighted by Crippen LogP contribution is -2.30. The van der Waals surface area contributed by atoms with Gasteiger partial charge in [-0.1, -0.05) is 6.07 Å². The number of fused-ring (bicyclic) bond motifs is 5. The molecule has 25 heavy (non-hydrogen) atoms. The van der Waals surface area contributed by atoms with E-state index in [1.807, 2.05) is 0 Å². The van der Waals surface area contributed by atoms with Crippen molar-refractivity contribution in [3.05, 3.63) is 24.3 Å². The van der Waals surface area contributed by atoms with Gasteiger partial charge in [0.05, 0.1) is 9.79 Å². The van der Waals surface area contributed by atoms with Crippen molar-refractivity contribution in [2.24, 2.45) is 23.7 Å². The largest absolute Gasteiger partial charge is 0.240 e. The Hall–Kier alpha value is -0.960. The van der Waals surface area contributed by atoms with E-state index < -0.39 is 20.0 Å². The average molecular weight is 383 g/mol. The minimum absolute atomic E-state index is 0.00953. The maximum absolute atomic E-state index is 12.7. The number of rotatable bonds is 6. The molecule has 4 fully saturated rings. The SMILES string of the molecule is O=S(=O)(NC1CC1)c1cccc(S(=O)(=O)NC2[C@H]3[C@H]4CC[C@@H](C4)[C@H]23)c1. The molecule has 4 atom stereocenters. The molecule has 2 bridgehead atoms. The minimum atomic E-state index is -3.70. The number of sulfonamides is 2. The van der Waals surface area contributed by atoms with E-state index in [0.29, 0.717) is 23.7 Å². The summed E-state index contributed by atoms with van der Waals surface area (Å²) in [5.41, 5.74) is 0. The van der Waals surface area contributed by atoms with E-state index in [-0.39, 0.29) is 21.9 Å². The zero-order valence-electron chi connectivity index (χ0n) is 13.8. The normalized spacial score (nSPS) is 36.4. The van der Waals surface area contributed by atoms with Gasteiger partial charge in [-0.2, -0.15) is 0 Å². The Morgan fingerprint density at radius 2 is 1.36 bits per heavy atom. The predicted molar refractivity (Wildman–Crippen MR) is 91.7 cm³/mol. The summed E-state index contributed by atoms with van der Waals surface area (Å²) >= 11 is 0. The summed E-state index contributed by atoms with van der Waals surface area (Å²) in [7, 11) is -7.35. The van der Waals surface area contributed by atoms with Crippen LogP contribution >= 0.6 is 0 Å². The van der Waals surface area contributed by atoms with E-state index in [4.69, 9.17) is 0 Å². The third-order valence-electron chi connectivity index (χ3n) is 6.35. The molecule has 8 heteroatoms. The second kappa shape index (κ2) is 5.28. The molecule has 0 unspecified atom stereocenters. The first-order valence-corrected chi connectivity index (χ1v) is 12.0. The Bertz CT molecular complexity index is 908. The summed E-state index contributed by atoms with van der Waals surface area (Å²) in [6.45, 7) is 0. The monoisotopic (exact) mass is 382 g/mol. The molecule has 0 heterocycles. The Morgan fingerprint density at radius 1 is 0.800 bits per heavy atom. The van der Waals surface area contributed by atoms with Crippen LogP contribution in [0.5, 0.6) is 0 Å². The lowest BCUT2D eigenvalue weighted by atomic mass is 10.0. The van der Waals surface area contributed by atoms with Crippen LogP contribution in [0.25, 0.3) is 0 Å². The smallest absolute Gasteiger partial charge is 0.208 e. The molecule has 4 saturated carbocycles. The fourth-order valence-electron chi connectivity index (χ4n) is 5.03. The minimum Gasteiger partial charge on any atom is -0.208 e. The highest BCUT2D eigenvalue weighted by Crippen LogP contribution is 2.65. The molecule has 2 N–H and O–H groups in total. The van der Waals surface area contributed by atoms with Crippen LogP contribution in [0, 0.1) is 23.7 Å². The molecule has 0 amide bonds. The van der Waals surface area contributed by atoms with Gasteiger partial charge in [-0.25, -0.2) is 26.3 Å². The van der Waals surface area contributed by atoms with Gasteiger partial charge >= 0.3 is 0 Å². The van der Waals surface area contributed by atoms with Crippen molar-refractivity contribution in [1.29, 1.82) is 0 Å². The Morgan fingerprint density at radius 3 is 1.92 bits per heavy atom. The number of benzene rings is 1. The number of hydrogen-bond donors (Lipinski definition) is 2. The molecule has 0 aromatic heterocycles. The van der Waals surface area contributed by atoms with Crippen LogP contribution in [0.15, 0.2) is 34.1 Å². The maximum Gasteiger partial charge on any atom is 0.240 e. The number of hydrogen-bond acceptors (Lipinski definition) is 4. The molecule has 6 nitrogen and oxygen atoms in total. The third-order valence-corrected chi connectivity index (χ3v) is 9.33. The summed E-state index contributed by atoms with van der Waals surface area (Å²) in [6.07, 6.45) is 5.39. The molecule has 1 aromatic carbocycles. The predicted octanol–water partition coefficient (Wildman–Crippen LogP) is 1.45. The third kappa shape index (κ3) is 2.74. The van der Waals surface area contributed by atoms with Crippen LogP contribution in [0.1, 0.15) is 32.1 Å². The molecular formula is C17H22N2O4S2. The molecule has 0 saturated heterocycles. The highest BCUT2D eigenvalue weighted by molar-refractivity contribution is 7.90. The van der Waals surface area contributed by atoms with E-state index in [1.54, 1.807) is 0 Å². The van der Waals surface area contributed by atoms with Crippen molar-refractivity contribution >= 4 is 20.0 Å². The molecule has 4 aliphatic rings. The van der Waals surface area contributed by atoms with E-state index in [9.17, 15) is 16.8 Å². The van der Waals surface area contributed by atoms with Gasteiger partial charge in [-0.15, -0.1) is 0 Å². The lowest BCUT2D eigenvalue weighted by Gasteiger charge is -2.12. The van der Waals surface area contributed by atoms with Crippen molar-refractivity contribution < 1.29 is 16.8 Å². The van der Waals surface area contributed by atoms with Crippen molar-refractivity contribution in [2.75, 3.05) is 0 Å². The standard InChI is InChI=1S/C17H22N2O4S2/c20-24(21,18-12-6-7-12)13-2-1-3-14(9-13)25(22,23)19-17-15-10-4-5-11(8-10)16(15)17/h1-3,9-12,15-19H,4-8H2/t10-,11-,15-,16-/m0/s1. The van der Waals surface area contributed by atoms with Crippen molar-refractivity contribution in [3.8, 4) is 0 Å². The second-order valence-electron chi connectivity index (χ2n) is 8.01. The molecule has 4 aliphatic carbocycles. The van der Waals surface area contributed by atoms with Crippen LogP contribution in [0.4, 0.5) is 0 Å². The first-order chi connectivity index (χ1) is 11.9. The van der Waals surface area contributed by atoms with Crippen LogP contribution in [-0.2, 0) is 20.0 Å². The molecule has 0 aliphatic heterocycles. The van der Waals surface area contributed by atoms with E-state index >= 15 is 0 Å². The van der Waals surface area contributed by atoms with Crippen LogP contribution in [-0.4, -0.2) is 28.9 Å². The fraction of sp³-hybridized carbons (Fsp3) is 0.647. The lowest BCUT2D eigenvalue weighted by molar-refractivity contribution is 0.456. The summed E-state index contributed by atoms with van der Waals surface area (Å²) in [5, 5.41) is 0. The summed E-state index contributed by atoms with van der Waals surface area (Å²) in [6, 6.07) is 5.69.